The van der Waals surface area contributed by atoms with Crippen LogP contribution in [0.1, 0.15) is 17.5 Å². The van der Waals surface area contributed by atoms with E-state index in [0.29, 0.717) is 12.5 Å². The molecule has 0 saturated heterocycles. The Morgan fingerprint density at radius 2 is 2.24 bits per heavy atom. The van der Waals surface area contributed by atoms with Crippen molar-refractivity contribution in [3.8, 4) is 5.88 Å². The number of pyridine rings is 1. The summed E-state index contributed by atoms with van der Waals surface area (Å²) < 4.78 is 5.28. The first-order chi connectivity index (χ1) is 8.29. The maximum atomic E-state index is 5.28. The van der Waals surface area contributed by atoms with Crippen LogP contribution in [0, 0.1) is 6.92 Å². The van der Waals surface area contributed by atoms with Gasteiger partial charge in [-0.1, -0.05) is 0 Å². The predicted molar refractivity (Wildman–Crippen MR) is 69.6 cm³/mol. The molecule has 0 aliphatic heterocycles. The summed E-state index contributed by atoms with van der Waals surface area (Å²) in [5, 5.41) is 3.31. The third kappa shape index (κ3) is 3.17. The zero-order valence-electron chi connectivity index (χ0n) is 9.93. The summed E-state index contributed by atoms with van der Waals surface area (Å²) in [6.07, 6.45) is 1.78. The van der Waals surface area contributed by atoms with Crippen molar-refractivity contribution in [3.63, 3.8) is 0 Å². The number of aromatic nitrogens is 2. The number of hydrogen-bond donors (Lipinski definition) is 1. The van der Waals surface area contributed by atoms with E-state index in [1.807, 2.05) is 31.5 Å². The summed E-state index contributed by atoms with van der Waals surface area (Å²) in [4.78, 5) is 9.65. The van der Waals surface area contributed by atoms with Crippen molar-refractivity contribution in [2.45, 2.75) is 20.4 Å². The second kappa shape index (κ2) is 5.63. The summed E-state index contributed by atoms with van der Waals surface area (Å²) in [5.74, 6) is 0.659. The predicted octanol–water partition coefficient (Wildman–Crippen LogP) is 2.86. The van der Waals surface area contributed by atoms with Gasteiger partial charge in [0.2, 0.25) is 5.88 Å². The number of thiazole rings is 1. The molecule has 2 heterocycles. The van der Waals surface area contributed by atoms with Crippen molar-refractivity contribution in [1.29, 1.82) is 0 Å². The van der Waals surface area contributed by atoms with Gasteiger partial charge in [-0.15, -0.1) is 11.3 Å². The van der Waals surface area contributed by atoms with E-state index in [-0.39, 0.29) is 0 Å². The van der Waals surface area contributed by atoms with Crippen LogP contribution in [-0.2, 0) is 6.54 Å². The summed E-state index contributed by atoms with van der Waals surface area (Å²) in [5.41, 5.74) is 3.94. The van der Waals surface area contributed by atoms with Gasteiger partial charge in [0.25, 0.3) is 0 Å². The molecule has 5 heteroatoms. The first-order valence-electron chi connectivity index (χ1n) is 5.51. The number of nitrogens with zero attached hydrogens (tertiary/aromatic N) is 2. The van der Waals surface area contributed by atoms with Crippen molar-refractivity contribution in [1.82, 2.24) is 9.97 Å². The summed E-state index contributed by atoms with van der Waals surface area (Å²) in [7, 11) is 0. The van der Waals surface area contributed by atoms with Gasteiger partial charge in [0.1, 0.15) is 0 Å². The van der Waals surface area contributed by atoms with Crippen LogP contribution in [-0.4, -0.2) is 16.6 Å². The standard InChI is InChI=1S/C12H15N3OS/c1-3-16-12-5-4-10(6-14-12)13-7-11-9(2)15-8-17-11/h4-6,8,13H,3,7H2,1-2H3. The third-order valence-corrected chi connectivity index (χ3v) is 3.26. The molecule has 17 heavy (non-hydrogen) atoms. The molecule has 4 nitrogen and oxygen atoms in total. The minimum Gasteiger partial charge on any atom is -0.478 e. The Morgan fingerprint density at radius 1 is 1.35 bits per heavy atom. The fraction of sp³-hybridized carbons (Fsp3) is 0.333. The highest BCUT2D eigenvalue weighted by Crippen LogP contribution is 2.16. The fourth-order valence-corrected chi connectivity index (χ4v) is 2.11. The highest BCUT2D eigenvalue weighted by molar-refractivity contribution is 7.09. The lowest BCUT2D eigenvalue weighted by Gasteiger charge is -2.06. The van der Waals surface area contributed by atoms with Crippen LogP contribution in [0.25, 0.3) is 0 Å². The molecule has 0 aliphatic carbocycles. The van der Waals surface area contributed by atoms with Crippen molar-refractivity contribution >= 4 is 17.0 Å². The Morgan fingerprint density at radius 3 is 2.82 bits per heavy atom. The number of ether oxygens (including phenoxy) is 1. The van der Waals surface area contributed by atoms with E-state index in [1.165, 1.54) is 4.88 Å². The van der Waals surface area contributed by atoms with Gasteiger partial charge < -0.3 is 10.1 Å². The first-order valence-corrected chi connectivity index (χ1v) is 6.39. The Balaban J connectivity index is 1.93. The van der Waals surface area contributed by atoms with E-state index in [2.05, 4.69) is 15.3 Å². The van der Waals surface area contributed by atoms with Gasteiger partial charge in [-0.2, -0.15) is 0 Å². The second-order valence-corrected chi connectivity index (χ2v) is 4.47. The summed E-state index contributed by atoms with van der Waals surface area (Å²) >= 11 is 1.66. The molecular weight excluding hydrogens is 234 g/mol. The third-order valence-electron chi connectivity index (χ3n) is 2.33. The molecule has 2 rings (SSSR count). The van der Waals surface area contributed by atoms with E-state index in [1.54, 1.807) is 17.5 Å². The van der Waals surface area contributed by atoms with E-state index >= 15 is 0 Å². The van der Waals surface area contributed by atoms with Crippen LogP contribution in [0.4, 0.5) is 5.69 Å². The Kier molecular flexibility index (Phi) is 3.93. The minimum absolute atomic E-state index is 0.639. The van der Waals surface area contributed by atoms with Crippen LogP contribution in [0.3, 0.4) is 0 Å². The molecule has 90 valence electrons. The minimum atomic E-state index is 0.639. The molecule has 0 spiro atoms. The van der Waals surface area contributed by atoms with Crippen LogP contribution in [0.2, 0.25) is 0 Å². The number of hydrogen-bond acceptors (Lipinski definition) is 5. The van der Waals surface area contributed by atoms with Gasteiger partial charge in [-0.25, -0.2) is 9.97 Å². The van der Waals surface area contributed by atoms with E-state index in [4.69, 9.17) is 4.74 Å². The number of aryl methyl sites for hydroxylation is 1. The smallest absolute Gasteiger partial charge is 0.213 e. The largest absolute Gasteiger partial charge is 0.478 e. The molecular formula is C12H15N3OS. The molecule has 0 aromatic carbocycles. The van der Waals surface area contributed by atoms with Gasteiger partial charge in [0.15, 0.2) is 0 Å². The average molecular weight is 249 g/mol. The van der Waals surface area contributed by atoms with Gasteiger partial charge >= 0.3 is 0 Å². The van der Waals surface area contributed by atoms with Crippen LogP contribution in [0.15, 0.2) is 23.8 Å². The zero-order valence-corrected chi connectivity index (χ0v) is 10.8. The topological polar surface area (TPSA) is 47.0 Å². The van der Waals surface area contributed by atoms with Crippen LogP contribution >= 0.6 is 11.3 Å². The quantitative estimate of drug-likeness (QED) is 0.885. The lowest BCUT2D eigenvalue weighted by atomic mass is 10.3. The molecule has 0 bridgehead atoms. The number of rotatable bonds is 5. The normalized spacial score (nSPS) is 10.2. The molecule has 0 amide bonds. The van der Waals surface area contributed by atoms with Gasteiger partial charge in [0.05, 0.1) is 36.2 Å². The lowest BCUT2D eigenvalue weighted by molar-refractivity contribution is 0.327. The highest BCUT2D eigenvalue weighted by atomic mass is 32.1. The van der Waals surface area contributed by atoms with Crippen molar-refractivity contribution < 1.29 is 4.74 Å². The molecule has 0 aliphatic rings. The Hall–Kier alpha value is -1.62. The maximum absolute atomic E-state index is 5.28. The average Bonchev–Trinajstić information content (AvgIpc) is 2.75. The first kappa shape index (κ1) is 11.9. The molecule has 0 radical (unpaired) electrons. The van der Waals surface area contributed by atoms with Gasteiger partial charge in [0, 0.05) is 10.9 Å². The van der Waals surface area contributed by atoms with Crippen molar-refractivity contribution in [2.75, 3.05) is 11.9 Å². The maximum Gasteiger partial charge on any atom is 0.213 e. The van der Waals surface area contributed by atoms with Crippen molar-refractivity contribution in [2.24, 2.45) is 0 Å². The monoisotopic (exact) mass is 249 g/mol. The molecule has 0 atom stereocenters. The van der Waals surface area contributed by atoms with E-state index < -0.39 is 0 Å². The molecule has 2 aromatic rings. The molecule has 0 saturated carbocycles. The van der Waals surface area contributed by atoms with Gasteiger partial charge in [-0.05, 0) is 19.9 Å². The summed E-state index contributed by atoms with van der Waals surface area (Å²) in [6.45, 7) is 5.39. The number of anilines is 1. The molecule has 0 unspecified atom stereocenters. The zero-order chi connectivity index (χ0) is 12.1. The van der Waals surface area contributed by atoms with E-state index in [9.17, 15) is 0 Å². The highest BCUT2D eigenvalue weighted by Gasteiger charge is 2.01. The molecule has 2 aromatic heterocycles. The Bertz CT molecular complexity index is 467. The van der Waals surface area contributed by atoms with Crippen LogP contribution in [0.5, 0.6) is 5.88 Å². The fourth-order valence-electron chi connectivity index (χ4n) is 1.40. The molecule has 1 N–H and O–H groups in total. The van der Waals surface area contributed by atoms with Gasteiger partial charge in [-0.3, -0.25) is 0 Å². The van der Waals surface area contributed by atoms with Crippen LogP contribution < -0.4 is 10.1 Å². The van der Waals surface area contributed by atoms with Crippen molar-refractivity contribution in [3.05, 3.63) is 34.4 Å². The summed E-state index contributed by atoms with van der Waals surface area (Å²) in [6, 6.07) is 3.83. The number of nitrogens with one attached hydrogen (secondary N) is 1. The molecule has 0 fully saturated rings. The lowest BCUT2D eigenvalue weighted by Crippen LogP contribution is -2.00. The Labute approximate surface area is 105 Å². The van der Waals surface area contributed by atoms with E-state index in [0.717, 1.165) is 17.9 Å². The second-order valence-electron chi connectivity index (χ2n) is 3.53. The SMILES string of the molecule is CCOc1ccc(NCc2scnc2C)cn1.